The largest absolute Gasteiger partial charge is 0.466 e. The molecule has 1 aliphatic heterocycles. The monoisotopic (exact) mass is 294 g/mol. The molecule has 1 N–H and O–H groups in total. The van der Waals surface area contributed by atoms with E-state index in [1.807, 2.05) is 0 Å². The fraction of sp³-hybridized carbons (Fsp3) is 0.800. The third-order valence-corrected chi connectivity index (χ3v) is 4.67. The van der Waals surface area contributed by atoms with E-state index in [1.165, 1.54) is 4.90 Å². The second-order valence-electron chi connectivity index (χ2n) is 6.21. The first kappa shape index (κ1) is 14.4. The number of carbonyl (C=O) groups is 3. The molecule has 3 rings (SSSR count). The third-order valence-electron chi connectivity index (χ3n) is 4.67. The van der Waals surface area contributed by atoms with Gasteiger partial charge in [0.1, 0.15) is 5.54 Å². The first-order valence-electron chi connectivity index (χ1n) is 7.89. The number of hydrogen-bond acceptors (Lipinski definition) is 4. The van der Waals surface area contributed by atoms with Gasteiger partial charge in [0, 0.05) is 13.0 Å². The highest BCUT2D eigenvalue weighted by molar-refractivity contribution is 6.08. The van der Waals surface area contributed by atoms with Crippen LogP contribution in [0, 0.1) is 11.8 Å². The Morgan fingerprint density at radius 2 is 1.90 bits per heavy atom. The Bertz CT molecular complexity index is 456. The fourth-order valence-electron chi connectivity index (χ4n) is 3.40. The van der Waals surface area contributed by atoms with Gasteiger partial charge in [-0.2, -0.15) is 0 Å². The molecule has 2 saturated carbocycles. The predicted octanol–water partition coefficient (Wildman–Crippen LogP) is 1.44. The van der Waals surface area contributed by atoms with Crippen molar-refractivity contribution in [3.8, 4) is 0 Å². The normalized spacial score (nSPS) is 24.1. The van der Waals surface area contributed by atoms with Crippen molar-refractivity contribution in [3.05, 3.63) is 0 Å². The van der Waals surface area contributed by atoms with Crippen LogP contribution >= 0.6 is 0 Å². The number of carbonyl (C=O) groups excluding carboxylic acids is 3. The Morgan fingerprint density at radius 1 is 1.29 bits per heavy atom. The van der Waals surface area contributed by atoms with E-state index in [0.29, 0.717) is 31.4 Å². The highest BCUT2D eigenvalue weighted by atomic mass is 16.5. The van der Waals surface area contributed by atoms with Crippen molar-refractivity contribution in [2.75, 3.05) is 13.2 Å². The van der Waals surface area contributed by atoms with Crippen LogP contribution in [0.15, 0.2) is 0 Å². The lowest BCUT2D eigenvalue weighted by Crippen LogP contribution is -2.51. The molecule has 3 fully saturated rings. The van der Waals surface area contributed by atoms with E-state index in [2.05, 4.69) is 5.32 Å². The minimum Gasteiger partial charge on any atom is -0.466 e. The Balaban J connectivity index is 1.60. The van der Waals surface area contributed by atoms with Crippen LogP contribution in [0.1, 0.15) is 45.4 Å². The number of urea groups is 1. The zero-order valence-corrected chi connectivity index (χ0v) is 12.4. The Kier molecular flexibility index (Phi) is 3.63. The van der Waals surface area contributed by atoms with E-state index in [0.717, 1.165) is 25.7 Å². The highest BCUT2D eigenvalue weighted by Crippen LogP contribution is 2.54. The first-order chi connectivity index (χ1) is 10.1. The van der Waals surface area contributed by atoms with Gasteiger partial charge >= 0.3 is 12.0 Å². The fourth-order valence-corrected chi connectivity index (χ4v) is 3.40. The van der Waals surface area contributed by atoms with Crippen LogP contribution in [0.4, 0.5) is 4.79 Å². The lowest BCUT2D eigenvalue weighted by molar-refractivity contribution is -0.143. The number of amides is 3. The van der Waals surface area contributed by atoms with Crippen LogP contribution in [-0.2, 0) is 14.3 Å². The molecular formula is C15H22N2O4. The average Bonchev–Trinajstić information content (AvgIpc) is 3.33. The van der Waals surface area contributed by atoms with Crippen LogP contribution in [0.25, 0.3) is 0 Å². The van der Waals surface area contributed by atoms with Gasteiger partial charge in [-0.3, -0.25) is 14.5 Å². The van der Waals surface area contributed by atoms with Crippen molar-refractivity contribution in [3.63, 3.8) is 0 Å². The summed E-state index contributed by atoms with van der Waals surface area (Å²) in [7, 11) is 0. The van der Waals surface area contributed by atoms with Crippen molar-refractivity contribution < 1.29 is 19.1 Å². The molecule has 2 aliphatic carbocycles. The van der Waals surface area contributed by atoms with Crippen molar-refractivity contribution >= 4 is 17.9 Å². The molecule has 21 heavy (non-hydrogen) atoms. The summed E-state index contributed by atoms with van der Waals surface area (Å²) in [6.45, 7) is 2.41. The standard InChI is InChI=1S/C15H22N2O4/c1-2-21-12(18)4-3-9-17-13(19)15(10-5-6-10,11-7-8-11)16-14(17)20/h10-11H,2-9H2,1H3,(H,16,20). The number of nitrogens with one attached hydrogen (secondary N) is 1. The zero-order valence-electron chi connectivity index (χ0n) is 12.4. The molecule has 0 aromatic heterocycles. The average molecular weight is 294 g/mol. The third kappa shape index (κ3) is 2.51. The molecule has 6 nitrogen and oxygen atoms in total. The quantitative estimate of drug-likeness (QED) is 0.569. The maximum atomic E-state index is 12.7. The summed E-state index contributed by atoms with van der Waals surface area (Å²) in [4.78, 5) is 37.5. The molecule has 0 aromatic rings. The molecule has 1 saturated heterocycles. The van der Waals surface area contributed by atoms with Crippen LogP contribution in [0.5, 0.6) is 0 Å². The van der Waals surface area contributed by atoms with Crippen LogP contribution in [-0.4, -0.2) is 41.5 Å². The van der Waals surface area contributed by atoms with Crippen LogP contribution < -0.4 is 5.32 Å². The molecule has 0 aromatic carbocycles. The molecule has 0 radical (unpaired) electrons. The Labute approximate surface area is 124 Å². The van der Waals surface area contributed by atoms with E-state index in [-0.39, 0.29) is 24.3 Å². The molecule has 3 aliphatic rings. The smallest absolute Gasteiger partial charge is 0.325 e. The summed E-state index contributed by atoms with van der Waals surface area (Å²) >= 11 is 0. The lowest BCUT2D eigenvalue weighted by atomic mass is 9.87. The van der Waals surface area contributed by atoms with E-state index in [4.69, 9.17) is 4.74 Å². The first-order valence-corrected chi connectivity index (χ1v) is 7.89. The zero-order chi connectivity index (χ0) is 15.0. The molecule has 0 atom stereocenters. The van der Waals surface area contributed by atoms with Crippen LogP contribution in [0.3, 0.4) is 0 Å². The van der Waals surface area contributed by atoms with Gasteiger partial charge in [0.2, 0.25) is 0 Å². The van der Waals surface area contributed by atoms with Crippen LogP contribution in [0.2, 0.25) is 0 Å². The number of rotatable bonds is 7. The summed E-state index contributed by atoms with van der Waals surface area (Å²) in [5, 5.41) is 2.98. The molecule has 0 spiro atoms. The van der Waals surface area contributed by atoms with Crippen molar-refractivity contribution in [1.29, 1.82) is 0 Å². The minimum atomic E-state index is -0.624. The maximum Gasteiger partial charge on any atom is 0.325 e. The van der Waals surface area contributed by atoms with Gasteiger partial charge in [-0.1, -0.05) is 0 Å². The second-order valence-corrected chi connectivity index (χ2v) is 6.21. The summed E-state index contributed by atoms with van der Waals surface area (Å²) in [5.74, 6) is 0.287. The van der Waals surface area contributed by atoms with E-state index in [9.17, 15) is 14.4 Å². The van der Waals surface area contributed by atoms with Gasteiger partial charge in [0.25, 0.3) is 5.91 Å². The number of esters is 1. The van der Waals surface area contributed by atoms with Gasteiger partial charge < -0.3 is 10.1 Å². The number of hydrogen-bond donors (Lipinski definition) is 1. The highest BCUT2D eigenvalue weighted by Gasteiger charge is 2.65. The molecule has 0 unspecified atom stereocenters. The maximum absolute atomic E-state index is 12.7. The number of ether oxygens (including phenoxy) is 1. The molecule has 6 heteroatoms. The SMILES string of the molecule is CCOC(=O)CCCN1C(=O)NC(C2CC2)(C2CC2)C1=O. The number of imide groups is 1. The van der Waals surface area contributed by atoms with Crippen molar-refractivity contribution in [2.24, 2.45) is 11.8 Å². The second kappa shape index (κ2) is 5.31. The van der Waals surface area contributed by atoms with E-state index in [1.54, 1.807) is 6.92 Å². The Morgan fingerprint density at radius 3 is 2.43 bits per heavy atom. The summed E-state index contributed by atoms with van der Waals surface area (Å²) < 4.78 is 4.85. The van der Waals surface area contributed by atoms with Gasteiger partial charge in [0.15, 0.2) is 0 Å². The number of nitrogens with zero attached hydrogens (tertiary/aromatic N) is 1. The van der Waals surface area contributed by atoms with Gasteiger partial charge in [-0.25, -0.2) is 4.79 Å². The van der Waals surface area contributed by atoms with Crippen molar-refractivity contribution in [1.82, 2.24) is 10.2 Å². The van der Waals surface area contributed by atoms with E-state index >= 15 is 0 Å². The molecule has 3 amide bonds. The van der Waals surface area contributed by atoms with Crippen molar-refractivity contribution in [2.45, 2.75) is 51.0 Å². The minimum absolute atomic E-state index is 0.0682. The Hall–Kier alpha value is -1.59. The lowest BCUT2D eigenvalue weighted by Gasteiger charge is -2.26. The summed E-state index contributed by atoms with van der Waals surface area (Å²) in [6, 6.07) is -0.289. The summed E-state index contributed by atoms with van der Waals surface area (Å²) in [6.07, 6.45) is 4.81. The molecule has 0 bridgehead atoms. The topological polar surface area (TPSA) is 75.7 Å². The molecule has 116 valence electrons. The van der Waals surface area contributed by atoms with Gasteiger partial charge in [-0.05, 0) is 50.9 Å². The van der Waals surface area contributed by atoms with Gasteiger partial charge in [-0.15, -0.1) is 0 Å². The van der Waals surface area contributed by atoms with Gasteiger partial charge in [0.05, 0.1) is 6.61 Å². The predicted molar refractivity (Wildman–Crippen MR) is 74.3 cm³/mol. The van der Waals surface area contributed by atoms with E-state index < -0.39 is 5.54 Å². The summed E-state index contributed by atoms with van der Waals surface area (Å²) in [5.41, 5.74) is -0.624. The molecular weight excluding hydrogens is 272 g/mol. The molecule has 1 heterocycles.